The van der Waals surface area contributed by atoms with E-state index in [9.17, 15) is 14.0 Å². The zero-order valence-corrected chi connectivity index (χ0v) is 12.4. The molecule has 0 bridgehead atoms. The quantitative estimate of drug-likeness (QED) is 0.925. The van der Waals surface area contributed by atoms with Crippen LogP contribution in [0.4, 0.5) is 4.39 Å². The van der Waals surface area contributed by atoms with E-state index in [1.54, 1.807) is 23.1 Å². The van der Waals surface area contributed by atoms with E-state index in [2.05, 4.69) is 4.98 Å². The van der Waals surface area contributed by atoms with E-state index in [1.165, 1.54) is 18.3 Å². The van der Waals surface area contributed by atoms with Gasteiger partial charge in [0.1, 0.15) is 10.8 Å². The standard InChI is InChI=1S/C16H14ClFN2O2/c17-13-7-11(8-19-15(13)21)16(22)20-6-5-10(9-20)12-3-1-2-4-14(12)18/h1-4,7-8,10H,5-6,9H2,(H,19,21)/t10-/m0/s1. The minimum absolute atomic E-state index is 0.0108. The van der Waals surface area contributed by atoms with Crippen molar-refractivity contribution < 1.29 is 9.18 Å². The third-order valence-electron chi connectivity index (χ3n) is 3.93. The van der Waals surface area contributed by atoms with Gasteiger partial charge in [-0.25, -0.2) is 4.39 Å². The van der Waals surface area contributed by atoms with Crippen molar-refractivity contribution in [3.05, 3.63) is 68.8 Å². The normalized spacial score (nSPS) is 17.7. The Morgan fingerprint density at radius 1 is 1.36 bits per heavy atom. The summed E-state index contributed by atoms with van der Waals surface area (Å²) in [6.45, 7) is 1.01. The second-order valence-electron chi connectivity index (χ2n) is 5.32. The van der Waals surface area contributed by atoms with Gasteiger partial charge in [-0.1, -0.05) is 29.8 Å². The topological polar surface area (TPSA) is 53.2 Å². The van der Waals surface area contributed by atoms with Crippen LogP contribution in [0.5, 0.6) is 0 Å². The number of benzene rings is 1. The second kappa shape index (κ2) is 5.93. The zero-order valence-electron chi connectivity index (χ0n) is 11.7. The van der Waals surface area contributed by atoms with Crippen molar-refractivity contribution in [1.29, 1.82) is 0 Å². The Labute approximate surface area is 131 Å². The van der Waals surface area contributed by atoms with Gasteiger partial charge in [-0.2, -0.15) is 0 Å². The highest BCUT2D eigenvalue weighted by Crippen LogP contribution is 2.29. The first-order valence-corrected chi connectivity index (χ1v) is 7.36. The first-order chi connectivity index (χ1) is 10.6. The summed E-state index contributed by atoms with van der Waals surface area (Å²) < 4.78 is 13.8. The van der Waals surface area contributed by atoms with Gasteiger partial charge in [-0.05, 0) is 24.1 Å². The van der Waals surface area contributed by atoms with Crippen molar-refractivity contribution in [1.82, 2.24) is 9.88 Å². The average molecular weight is 321 g/mol. The summed E-state index contributed by atoms with van der Waals surface area (Å²) in [6.07, 6.45) is 2.07. The lowest BCUT2D eigenvalue weighted by atomic mass is 9.98. The molecule has 22 heavy (non-hydrogen) atoms. The first-order valence-electron chi connectivity index (χ1n) is 6.98. The van der Waals surface area contributed by atoms with Crippen molar-refractivity contribution in [2.45, 2.75) is 12.3 Å². The van der Waals surface area contributed by atoms with Gasteiger partial charge < -0.3 is 9.88 Å². The number of hydrogen-bond donors (Lipinski definition) is 1. The van der Waals surface area contributed by atoms with Crippen LogP contribution in [0, 0.1) is 5.82 Å². The molecule has 3 rings (SSSR count). The number of carbonyl (C=O) groups is 1. The van der Waals surface area contributed by atoms with Crippen molar-refractivity contribution in [2.75, 3.05) is 13.1 Å². The smallest absolute Gasteiger partial charge is 0.266 e. The number of carbonyl (C=O) groups excluding carboxylic acids is 1. The fourth-order valence-electron chi connectivity index (χ4n) is 2.77. The number of aromatic nitrogens is 1. The van der Waals surface area contributed by atoms with Crippen LogP contribution in [0.1, 0.15) is 28.3 Å². The van der Waals surface area contributed by atoms with E-state index >= 15 is 0 Å². The highest BCUT2D eigenvalue weighted by atomic mass is 35.5. The number of likely N-dealkylation sites (tertiary alicyclic amines) is 1. The summed E-state index contributed by atoms with van der Waals surface area (Å²) in [5, 5.41) is -0.0179. The lowest BCUT2D eigenvalue weighted by Crippen LogP contribution is -2.29. The molecule has 1 N–H and O–H groups in total. The van der Waals surface area contributed by atoms with E-state index in [0.29, 0.717) is 30.6 Å². The molecular formula is C16H14ClFN2O2. The van der Waals surface area contributed by atoms with Crippen LogP contribution in [-0.4, -0.2) is 28.9 Å². The minimum Gasteiger partial charge on any atom is -0.338 e. The molecule has 1 aliphatic heterocycles. The molecule has 6 heteroatoms. The van der Waals surface area contributed by atoms with Crippen molar-refractivity contribution in [2.24, 2.45) is 0 Å². The van der Waals surface area contributed by atoms with Crippen LogP contribution in [0.15, 0.2) is 41.3 Å². The molecule has 0 spiro atoms. The predicted octanol–water partition coefficient (Wildman–Crippen LogP) is 2.80. The minimum atomic E-state index is -0.427. The molecule has 1 saturated heterocycles. The van der Waals surface area contributed by atoms with Gasteiger partial charge in [-0.3, -0.25) is 9.59 Å². The van der Waals surface area contributed by atoms with E-state index in [0.717, 1.165) is 0 Å². The van der Waals surface area contributed by atoms with Gasteiger partial charge in [0.05, 0.1) is 5.56 Å². The molecular weight excluding hydrogens is 307 g/mol. The summed E-state index contributed by atoms with van der Waals surface area (Å²) in [5.41, 5.74) is 0.542. The molecule has 2 aromatic rings. The maximum Gasteiger partial charge on any atom is 0.266 e. The Bertz CT molecular complexity index is 775. The SMILES string of the molecule is O=C(c1c[nH]c(=O)c(Cl)c1)N1CC[C@H](c2ccccc2F)C1. The second-order valence-corrected chi connectivity index (χ2v) is 5.73. The Hall–Kier alpha value is -2.14. The van der Waals surface area contributed by atoms with Crippen molar-refractivity contribution in [3.63, 3.8) is 0 Å². The maximum absolute atomic E-state index is 13.8. The van der Waals surface area contributed by atoms with Crippen LogP contribution in [0.25, 0.3) is 0 Å². The number of hydrogen-bond acceptors (Lipinski definition) is 2. The zero-order chi connectivity index (χ0) is 15.7. The molecule has 0 saturated carbocycles. The molecule has 1 aliphatic rings. The van der Waals surface area contributed by atoms with Crippen LogP contribution >= 0.6 is 11.6 Å². The molecule has 2 heterocycles. The number of rotatable bonds is 2. The van der Waals surface area contributed by atoms with Gasteiger partial charge in [0, 0.05) is 25.2 Å². The van der Waals surface area contributed by atoms with E-state index in [4.69, 9.17) is 11.6 Å². The molecule has 1 fully saturated rings. The molecule has 4 nitrogen and oxygen atoms in total. The number of nitrogens with one attached hydrogen (secondary N) is 1. The summed E-state index contributed by atoms with van der Waals surface area (Å²) in [4.78, 5) is 27.7. The van der Waals surface area contributed by atoms with Crippen molar-refractivity contribution >= 4 is 17.5 Å². The third-order valence-corrected chi connectivity index (χ3v) is 4.21. The Morgan fingerprint density at radius 3 is 2.86 bits per heavy atom. The molecule has 1 atom stereocenters. The fraction of sp³-hybridized carbons (Fsp3) is 0.250. The van der Waals surface area contributed by atoms with Crippen molar-refractivity contribution in [3.8, 4) is 0 Å². The van der Waals surface area contributed by atoms with Crippen LogP contribution in [-0.2, 0) is 0 Å². The lowest BCUT2D eigenvalue weighted by molar-refractivity contribution is 0.0790. The predicted molar refractivity (Wildman–Crippen MR) is 81.7 cm³/mol. The molecule has 0 unspecified atom stereocenters. The van der Waals surface area contributed by atoms with Gasteiger partial charge >= 0.3 is 0 Å². The maximum atomic E-state index is 13.8. The van der Waals surface area contributed by atoms with E-state index in [1.807, 2.05) is 0 Å². The van der Waals surface area contributed by atoms with Gasteiger partial charge in [0.15, 0.2) is 0 Å². The van der Waals surface area contributed by atoms with Crippen LogP contribution in [0.2, 0.25) is 5.02 Å². The highest BCUT2D eigenvalue weighted by Gasteiger charge is 2.29. The summed E-state index contributed by atoms with van der Waals surface area (Å²) >= 11 is 5.75. The van der Waals surface area contributed by atoms with Crippen LogP contribution < -0.4 is 5.56 Å². The third kappa shape index (κ3) is 2.76. The summed E-state index contributed by atoms with van der Waals surface area (Å²) in [7, 11) is 0. The lowest BCUT2D eigenvalue weighted by Gasteiger charge is -2.17. The molecule has 0 aliphatic carbocycles. The number of amides is 1. The first kappa shape index (κ1) is 14.8. The largest absolute Gasteiger partial charge is 0.338 e. The Kier molecular flexibility index (Phi) is 3.98. The highest BCUT2D eigenvalue weighted by molar-refractivity contribution is 6.30. The molecule has 1 aromatic heterocycles. The average Bonchev–Trinajstić information content (AvgIpc) is 2.99. The fourth-order valence-corrected chi connectivity index (χ4v) is 2.94. The van der Waals surface area contributed by atoms with Crippen LogP contribution in [0.3, 0.4) is 0 Å². The number of pyridine rings is 1. The number of halogens is 2. The number of aromatic amines is 1. The summed E-state index contributed by atoms with van der Waals surface area (Å²) in [6, 6.07) is 8.00. The van der Waals surface area contributed by atoms with Gasteiger partial charge in [0.25, 0.3) is 11.5 Å². The number of nitrogens with zero attached hydrogens (tertiary/aromatic N) is 1. The molecule has 1 amide bonds. The Morgan fingerprint density at radius 2 is 2.14 bits per heavy atom. The van der Waals surface area contributed by atoms with E-state index in [-0.39, 0.29) is 22.7 Å². The monoisotopic (exact) mass is 320 g/mol. The molecule has 114 valence electrons. The van der Waals surface area contributed by atoms with Gasteiger partial charge in [0.2, 0.25) is 0 Å². The van der Waals surface area contributed by atoms with E-state index < -0.39 is 5.56 Å². The van der Waals surface area contributed by atoms with Gasteiger partial charge in [-0.15, -0.1) is 0 Å². The summed E-state index contributed by atoms with van der Waals surface area (Å²) in [5.74, 6) is -0.464. The Balaban J connectivity index is 1.77. The number of H-pyrrole nitrogens is 1. The molecule has 0 radical (unpaired) electrons. The molecule has 1 aromatic carbocycles.